The summed E-state index contributed by atoms with van der Waals surface area (Å²) in [4.78, 5) is 11.9. The fraction of sp³-hybridized carbons (Fsp3) is 0.231. The molecule has 0 unspecified atom stereocenters. The van der Waals surface area contributed by atoms with Crippen LogP contribution in [0.3, 0.4) is 0 Å². The highest BCUT2D eigenvalue weighted by Gasteiger charge is 2.09. The molecule has 1 aromatic carbocycles. The van der Waals surface area contributed by atoms with Crippen molar-refractivity contribution in [3.8, 4) is 5.75 Å². The number of hydrogen-bond donors (Lipinski definition) is 2. The van der Waals surface area contributed by atoms with Crippen LogP contribution in [0.15, 0.2) is 28.8 Å². The Morgan fingerprint density at radius 3 is 2.84 bits per heavy atom. The van der Waals surface area contributed by atoms with Gasteiger partial charge in [-0.05, 0) is 25.1 Å². The largest absolute Gasteiger partial charge is 0.495 e. The van der Waals surface area contributed by atoms with E-state index in [4.69, 9.17) is 15.0 Å². The average molecular weight is 261 g/mol. The molecule has 6 heteroatoms. The predicted octanol–water partition coefficient (Wildman–Crippen LogP) is 1.50. The Bertz CT molecular complexity index is 593. The molecule has 1 heterocycles. The van der Waals surface area contributed by atoms with Gasteiger partial charge in [-0.1, -0.05) is 5.16 Å². The van der Waals surface area contributed by atoms with Gasteiger partial charge in [0.1, 0.15) is 17.2 Å². The third-order valence-electron chi connectivity index (χ3n) is 2.60. The second-order valence-electron chi connectivity index (χ2n) is 4.07. The first-order valence-corrected chi connectivity index (χ1v) is 5.74. The summed E-state index contributed by atoms with van der Waals surface area (Å²) in [5, 5.41) is 6.53. The Morgan fingerprint density at radius 1 is 1.47 bits per heavy atom. The molecule has 6 nitrogen and oxygen atoms in total. The van der Waals surface area contributed by atoms with Crippen molar-refractivity contribution in [1.82, 2.24) is 10.5 Å². The number of rotatable bonds is 4. The summed E-state index contributed by atoms with van der Waals surface area (Å²) in [5.41, 5.74) is 7.32. The molecule has 0 atom stereocenters. The van der Waals surface area contributed by atoms with Crippen molar-refractivity contribution in [2.45, 2.75) is 13.5 Å². The van der Waals surface area contributed by atoms with E-state index in [2.05, 4.69) is 10.5 Å². The molecule has 1 aromatic heterocycles. The molecular formula is C13H15N3O3. The molecule has 0 aliphatic carbocycles. The van der Waals surface area contributed by atoms with Gasteiger partial charge in [0.25, 0.3) is 5.91 Å². The number of amides is 1. The molecule has 3 N–H and O–H groups in total. The zero-order chi connectivity index (χ0) is 13.8. The Hall–Kier alpha value is -2.50. The van der Waals surface area contributed by atoms with Crippen molar-refractivity contribution in [2.24, 2.45) is 0 Å². The number of nitrogens with two attached hydrogens (primary N) is 1. The van der Waals surface area contributed by atoms with Gasteiger partial charge >= 0.3 is 0 Å². The summed E-state index contributed by atoms with van der Waals surface area (Å²) in [5.74, 6) is 1.02. The second kappa shape index (κ2) is 5.43. The third-order valence-corrected chi connectivity index (χ3v) is 2.60. The summed E-state index contributed by atoms with van der Waals surface area (Å²) >= 11 is 0. The number of hydrogen-bond acceptors (Lipinski definition) is 5. The number of aromatic nitrogens is 1. The van der Waals surface area contributed by atoms with Gasteiger partial charge in [-0.2, -0.15) is 0 Å². The summed E-state index contributed by atoms with van der Waals surface area (Å²) in [6, 6.07) is 6.65. The van der Waals surface area contributed by atoms with E-state index in [-0.39, 0.29) is 5.91 Å². The van der Waals surface area contributed by atoms with Gasteiger partial charge in [-0.3, -0.25) is 4.79 Å². The average Bonchev–Trinajstić information content (AvgIpc) is 2.81. The lowest BCUT2D eigenvalue weighted by atomic mass is 10.1. The maximum absolute atomic E-state index is 11.9. The minimum Gasteiger partial charge on any atom is -0.495 e. The van der Waals surface area contributed by atoms with Crippen LogP contribution >= 0.6 is 0 Å². The zero-order valence-electron chi connectivity index (χ0n) is 10.8. The van der Waals surface area contributed by atoms with Crippen LogP contribution in [0.5, 0.6) is 5.75 Å². The Kier molecular flexibility index (Phi) is 3.70. The van der Waals surface area contributed by atoms with Crippen molar-refractivity contribution < 1.29 is 14.1 Å². The first-order chi connectivity index (χ1) is 9.10. The molecule has 19 heavy (non-hydrogen) atoms. The summed E-state index contributed by atoms with van der Waals surface area (Å²) < 4.78 is 9.95. The Labute approximate surface area is 110 Å². The number of nitrogens with zero attached hydrogens (tertiary/aromatic N) is 1. The van der Waals surface area contributed by atoms with Crippen molar-refractivity contribution >= 4 is 11.6 Å². The van der Waals surface area contributed by atoms with E-state index in [0.29, 0.717) is 35.0 Å². The van der Waals surface area contributed by atoms with Gasteiger partial charge in [-0.15, -0.1) is 0 Å². The summed E-state index contributed by atoms with van der Waals surface area (Å²) in [7, 11) is 1.53. The molecule has 0 spiro atoms. The van der Waals surface area contributed by atoms with Crippen LogP contribution in [0.2, 0.25) is 0 Å². The van der Waals surface area contributed by atoms with Crippen molar-refractivity contribution in [1.29, 1.82) is 0 Å². The Morgan fingerprint density at radius 2 is 2.26 bits per heavy atom. The van der Waals surface area contributed by atoms with Crippen molar-refractivity contribution in [3.05, 3.63) is 41.3 Å². The Balaban J connectivity index is 2.01. The van der Waals surface area contributed by atoms with Crippen LogP contribution in [0, 0.1) is 6.92 Å². The van der Waals surface area contributed by atoms with E-state index in [1.54, 1.807) is 31.2 Å². The SMILES string of the molecule is COc1ccc(C(=O)NCc2cc(C)on2)cc1N. The number of nitrogen functional groups attached to an aromatic ring is 1. The second-order valence-corrected chi connectivity index (χ2v) is 4.07. The molecule has 0 saturated heterocycles. The van der Waals surface area contributed by atoms with Crippen LogP contribution in [0.25, 0.3) is 0 Å². The number of carbonyl (C=O) groups excluding carboxylic acids is 1. The summed E-state index contributed by atoms with van der Waals surface area (Å²) in [6.07, 6.45) is 0. The van der Waals surface area contributed by atoms with Gasteiger partial charge in [0.05, 0.1) is 19.3 Å². The van der Waals surface area contributed by atoms with Gasteiger partial charge in [-0.25, -0.2) is 0 Å². The lowest BCUT2D eigenvalue weighted by Gasteiger charge is -2.07. The molecule has 100 valence electrons. The van der Waals surface area contributed by atoms with Crippen LogP contribution in [0.1, 0.15) is 21.8 Å². The quantitative estimate of drug-likeness (QED) is 0.814. The van der Waals surface area contributed by atoms with E-state index >= 15 is 0 Å². The molecule has 1 amide bonds. The maximum Gasteiger partial charge on any atom is 0.251 e. The van der Waals surface area contributed by atoms with Gasteiger partial charge in [0, 0.05) is 11.6 Å². The van der Waals surface area contributed by atoms with E-state index in [1.807, 2.05) is 0 Å². The predicted molar refractivity (Wildman–Crippen MR) is 69.8 cm³/mol. The highest BCUT2D eigenvalue weighted by Crippen LogP contribution is 2.21. The highest BCUT2D eigenvalue weighted by molar-refractivity contribution is 5.95. The van der Waals surface area contributed by atoms with Crippen molar-refractivity contribution in [3.63, 3.8) is 0 Å². The van der Waals surface area contributed by atoms with E-state index < -0.39 is 0 Å². The van der Waals surface area contributed by atoms with Gasteiger partial charge in [0.15, 0.2) is 0 Å². The minimum atomic E-state index is -0.227. The topological polar surface area (TPSA) is 90.4 Å². The molecule has 0 radical (unpaired) electrons. The van der Waals surface area contributed by atoms with Gasteiger partial charge < -0.3 is 20.3 Å². The molecule has 2 rings (SSSR count). The molecule has 0 saturated carbocycles. The minimum absolute atomic E-state index is 0.227. The first-order valence-electron chi connectivity index (χ1n) is 5.74. The number of benzene rings is 1. The zero-order valence-corrected chi connectivity index (χ0v) is 10.8. The fourth-order valence-corrected chi connectivity index (χ4v) is 1.65. The maximum atomic E-state index is 11.9. The summed E-state index contributed by atoms with van der Waals surface area (Å²) in [6.45, 7) is 2.10. The number of aryl methyl sites for hydroxylation is 1. The fourth-order valence-electron chi connectivity index (χ4n) is 1.65. The molecule has 0 aliphatic heterocycles. The number of anilines is 1. The standard InChI is InChI=1S/C13H15N3O3/c1-8-5-10(16-19-8)7-15-13(17)9-3-4-12(18-2)11(14)6-9/h3-6H,7,14H2,1-2H3,(H,15,17). The molecule has 0 fully saturated rings. The van der Waals surface area contributed by atoms with Crippen molar-refractivity contribution in [2.75, 3.05) is 12.8 Å². The van der Waals surface area contributed by atoms with E-state index in [0.717, 1.165) is 0 Å². The molecule has 2 aromatic rings. The van der Waals surface area contributed by atoms with Crippen LogP contribution < -0.4 is 15.8 Å². The third kappa shape index (κ3) is 3.04. The lowest BCUT2D eigenvalue weighted by molar-refractivity contribution is 0.0950. The highest BCUT2D eigenvalue weighted by atomic mass is 16.5. The number of ether oxygens (including phenoxy) is 1. The monoisotopic (exact) mass is 261 g/mol. The van der Waals surface area contributed by atoms with Gasteiger partial charge in [0.2, 0.25) is 0 Å². The van der Waals surface area contributed by atoms with Crippen LogP contribution in [0.4, 0.5) is 5.69 Å². The van der Waals surface area contributed by atoms with Crippen LogP contribution in [-0.4, -0.2) is 18.2 Å². The van der Waals surface area contributed by atoms with Crippen LogP contribution in [-0.2, 0) is 6.54 Å². The molecule has 0 aliphatic rings. The first kappa shape index (κ1) is 12.9. The smallest absolute Gasteiger partial charge is 0.251 e. The van der Waals surface area contributed by atoms with E-state index in [9.17, 15) is 4.79 Å². The number of nitrogens with one attached hydrogen (secondary N) is 1. The van der Waals surface area contributed by atoms with E-state index in [1.165, 1.54) is 7.11 Å². The normalized spacial score (nSPS) is 10.2. The lowest BCUT2D eigenvalue weighted by Crippen LogP contribution is -2.23. The molecule has 0 bridgehead atoms. The number of carbonyl (C=O) groups is 1. The molecular weight excluding hydrogens is 246 g/mol. The number of methoxy groups -OCH3 is 1.